The predicted molar refractivity (Wildman–Crippen MR) is 69.8 cm³/mol. The summed E-state index contributed by atoms with van der Waals surface area (Å²) in [6.07, 6.45) is 4.52. The molecule has 0 bridgehead atoms. The molecule has 2 aliphatic rings. The monoisotopic (exact) mass is 238 g/mol. The molecule has 2 fully saturated rings. The maximum absolute atomic E-state index is 12.5. The third kappa shape index (κ3) is 3.21. The molecule has 98 valence electrons. The van der Waals surface area contributed by atoms with E-state index >= 15 is 0 Å². The van der Waals surface area contributed by atoms with Crippen molar-refractivity contribution in [3.8, 4) is 0 Å². The van der Waals surface area contributed by atoms with E-state index in [1.54, 1.807) is 0 Å². The van der Waals surface area contributed by atoms with Crippen LogP contribution in [0.4, 0.5) is 0 Å². The second-order valence-corrected chi connectivity index (χ2v) is 6.61. The van der Waals surface area contributed by atoms with E-state index in [0.29, 0.717) is 17.2 Å². The molecule has 0 radical (unpaired) electrons. The lowest BCUT2D eigenvalue weighted by molar-refractivity contribution is -0.140. The fourth-order valence-electron chi connectivity index (χ4n) is 3.13. The van der Waals surface area contributed by atoms with Crippen LogP contribution >= 0.6 is 0 Å². The van der Waals surface area contributed by atoms with E-state index in [9.17, 15) is 4.79 Å². The van der Waals surface area contributed by atoms with Gasteiger partial charge in [0.1, 0.15) is 0 Å². The van der Waals surface area contributed by atoms with Crippen LogP contribution in [0.3, 0.4) is 0 Å². The zero-order valence-corrected chi connectivity index (χ0v) is 11.5. The van der Waals surface area contributed by atoms with Gasteiger partial charge in [-0.1, -0.05) is 13.8 Å². The zero-order chi connectivity index (χ0) is 12.5. The molecule has 0 unspecified atom stereocenters. The summed E-state index contributed by atoms with van der Waals surface area (Å²) in [5, 5.41) is 0. The van der Waals surface area contributed by atoms with Crippen molar-refractivity contribution in [3.05, 3.63) is 0 Å². The number of hydrogen-bond donors (Lipinski definition) is 0. The van der Waals surface area contributed by atoms with Gasteiger partial charge in [-0.15, -0.1) is 0 Å². The highest BCUT2D eigenvalue weighted by atomic mass is 16.2. The van der Waals surface area contributed by atoms with Crippen LogP contribution in [0.25, 0.3) is 0 Å². The average Bonchev–Trinajstić information content (AvgIpc) is 2.28. The number of rotatable bonds is 1. The number of piperidine rings is 2. The van der Waals surface area contributed by atoms with Gasteiger partial charge in [-0.3, -0.25) is 4.79 Å². The first-order chi connectivity index (χ1) is 7.98. The van der Waals surface area contributed by atoms with Crippen molar-refractivity contribution in [3.63, 3.8) is 0 Å². The molecule has 0 aliphatic carbocycles. The van der Waals surface area contributed by atoms with Gasteiger partial charge in [0, 0.05) is 19.0 Å². The van der Waals surface area contributed by atoms with Crippen molar-refractivity contribution >= 4 is 5.91 Å². The summed E-state index contributed by atoms with van der Waals surface area (Å²) in [7, 11) is 2.14. The van der Waals surface area contributed by atoms with Gasteiger partial charge in [-0.25, -0.2) is 0 Å². The summed E-state index contributed by atoms with van der Waals surface area (Å²) in [6.45, 7) is 8.65. The SMILES string of the molecule is CN1CCC(C(=O)N2CCCC(C)(C)C2)CC1. The summed E-state index contributed by atoms with van der Waals surface area (Å²) in [4.78, 5) is 16.9. The summed E-state index contributed by atoms with van der Waals surface area (Å²) in [5.74, 6) is 0.714. The fourth-order valence-corrected chi connectivity index (χ4v) is 3.13. The molecule has 0 N–H and O–H groups in total. The predicted octanol–water partition coefficient (Wildman–Crippen LogP) is 1.98. The Hall–Kier alpha value is -0.570. The maximum atomic E-state index is 12.5. The minimum absolute atomic E-state index is 0.292. The van der Waals surface area contributed by atoms with E-state index in [2.05, 4.69) is 30.7 Å². The second-order valence-electron chi connectivity index (χ2n) is 6.61. The van der Waals surface area contributed by atoms with Crippen molar-refractivity contribution in [1.82, 2.24) is 9.80 Å². The Morgan fingerprint density at radius 2 is 1.82 bits per heavy atom. The molecule has 0 atom stereocenters. The zero-order valence-electron chi connectivity index (χ0n) is 11.5. The molecule has 2 heterocycles. The van der Waals surface area contributed by atoms with Gasteiger partial charge in [0.25, 0.3) is 0 Å². The fraction of sp³-hybridized carbons (Fsp3) is 0.929. The first-order valence-corrected chi connectivity index (χ1v) is 6.95. The topological polar surface area (TPSA) is 23.6 Å². The van der Waals surface area contributed by atoms with Crippen LogP contribution in [0.1, 0.15) is 39.5 Å². The number of carbonyl (C=O) groups excluding carboxylic acids is 1. The van der Waals surface area contributed by atoms with Crippen molar-refractivity contribution in [2.75, 3.05) is 33.2 Å². The molecule has 2 aliphatic heterocycles. The Morgan fingerprint density at radius 3 is 2.41 bits per heavy atom. The molecular formula is C14H26N2O. The van der Waals surface area contributed by atoms with Crippen molar-refractivity contribution in [2.45, 2.75) is 39.5 Å². The number of hydrogen-bond acceptors (Lipinski definition) is 2. The second kappa shape index (κ2) is 4.97. The Bertz CT molecular complexity index is 280. The van der Waals surface area contributed by atoms with E-state index in [1.807, 2.05) is 0 Å². The van der Waals surface area contributed by atoms with Crippen molar-refractivity contribution in [2.24, 2.45) is 11.3 Å². The Labute approximate surface area is 105 Å². The molecule has 1 amide bonds. The lowest BCUT2D eigenvalue weighted by atomic mass is 9.83. The molecule has 2 saturated heterocycles. The highest BCUT2D eigenvalue weighted by Gasteiger charge is 2.33. The van der Waals surface area contributed by atoms with Gasteiger partial charge < -0.3 is 9.80 Å². The Balaban J connectivity index is 1.91. The summed E-state index contributed by atoms with van der Waals surface area (Å²) < 4.78 is 0. The highest BCUT2D eigenvalue weighted by molar-refractivity contribution is 5.79. The highest BCUT2D eigenvalue weighted by Crippen LogP contribution is 2.30. The molecule has 3 heteroatoms. The van der Waals surface area contributed by atoms with Crippen LogP contribution in [-0.4, -0.2) is 48.9 Å². The summed E-state index contributed by atoms with van der Waals surface area (Å²) >= 11 is 0. The third-order valence-corrected chi connectivity index (χ3v) is 4.28. The standard InChI is InChI=1S/C14H26N2O/c1-14(2)7-4-8-16(11-14)13(17)12-5-9-15(3)10-6-12/h12H,4-11H2,1-3H3. The molecule has 17 heavy (non-hydrogen) atoms. The molecule has 0 aromatic heterocycles. The number of carbonyl (C=O) groups is 1. The first kappa shape index (κ1) is 12.9. The average molecular weight is 238 g/mol. The van der Waals surface area contributed by atoms with E-state index in [0.717, 1.165) is 39.0 Å². The van der Waals surface area contributed by atoms with Gasteiger partial charge in [0.05, 0.1) is 0 Å². The normalized spacial score (nSPS) is 27.1. The van der Waals surface area contributed by atoms with E-state index in [4.69, 9.17) is 0 Å². The lowest BCUT2D eigenvalue weighted by Gasteiger charge is -2.40. The molecule has 0 aromatic rings. The Morgan fingerprint density at radius 1 is 1.18 bits per heavy atom. The minimum atomic E-state index is 0.292. The molecule has 0 spiro atoms. The van der Waals surface area contributed by atoms with Gasteiger partial charge in [0.15, 0.2) is 0 Å². The van der Waals surface area contributed by atoms with E-state index in [1.165, 1.54) is 12.8 Å². The molecule has 3 nitrogen and oxygen atoms in total. The van der Waals surface area contributed by atoms with Crippen LogP contribution in [0.2, 0.25) is 0 Å². The van der Waals surface area contributed by atoms with Crippen LogP contribution in [-0.2, 0) is 4.79 Å². The molecule has 0 saturated carbocycles. The van der Waals surface area contributed by atoms with Crippen LogP contribution in [0.15, 0.2) is 0 Å². The molecule has 2 rings (SSSR count). The summed E-state index contributed by atoms with van der Waals surface area (Å²) in [6, 6.07) is 0. The molecule has 0 aromatic carbocycles. The smallest absolute Gasteiger partial charge is 0.225 e. The number of nitrogens with zero attached hydrogens (tertiary/aromatic N) is 2. The van der Waals surface area contributed by atoms with Gasteiger partial charge >= 0.3 is 0 Å². The quantitative estimate of drug-likeness (QED) is 0.697. The van der Waals surface area contributed by atoms with E-state index in [-0.39, 0.29) is 0 Å². The van der Waals surface area contributed by atoms with Gasteiger partial charge in [0.2, 0.25) is 5.91 Å². The van der Waals surface area contributed by atoms with Crippen LogP contribution in [0, 0.1) is 11.3 Å². The van der Waals surface area contributed by atoms with Crippen molar-refractivity contribution in [1.29, 1.82) is 0 Å². The van der Waals surface area contributed by atoms with Gasteiger partial charge in [-0.2, -0.15) is 0 Å². The number of amides is 1. The van der Waals surface area contributed by atoms with Gasteiger partial charge in [-0.05, 0) is 51.2 Å². The van der Waals surface area contributed by atoms with Crippen LogP contribution in [0.5, 0.6) is 0 Å². The third-order valence-electron chi connectivity index (χ3n) is 4.28. The minimum Gasteiger partial charge on any atom is -0.342 e. The first-order valence-electron chi connectivity index (χ1n) is 6.95. The molecular weight excluding hydrogens is 212 g/mol. The van der Waals surface area contributed by atoms with E-state index < -0.39 is 0 Å². The van der Waals surface area contributed by atoms with Crippen molar-refractivity contribution < 1.29 is 4.79 Å². The number of likely N-dealkylation sites (tertiary alicyclic amines) is 2. The van der Waals surface area contributed by atoms with Crippen LogP contribution < -0.4 is 0 Å². The summed E-state index contributed by atoms with van der Waals surface area (Å²) in [5.41, 5.74) is 0.319. The lowest BCUT2D eigenvalue weighted by Crippen LogP contribution is -2.47. The Kier molecular flexibility index (Phi) is 3.76. The largest absolute Gasteiger partial charge is 0.342 e. The maximum Gasteiger partial charge on any atom is 0.225 e.